The van der Waals surface area contributed by atoms with E-state index in [2.05, 4.69) is 32.8 Å². The molecule has 0 unspecified atom stereocenters. The number of piperidine rings is 1. The molecule has 0 bridgehead atoms. The lowest BCUT2D eigenvalue weighted by molar-refractivity contribution is 0.0350. The van der Waals surface area contributed by atoms with Crippen molar-refractivity contribution in [1.29, 1.82) is 0 Å². The summed E-state index contributed by atoms with van der Waals surface area (Å²) in [5.74, 6) is 0.956. The molecule has 1 aliphatic heterocycles. The van der Waals surface area contributed by atoms with E-state index < -0.39 is 5.60 Å². The van der Waals surface area contributed by atoms with E-state index in [0.717, 1.165) is 60.7 Å². The highest BCUT2D eigenvalue weighted by molar-refractivity contribution is 5.77. The average molecular weight is 312 g/mol. The van der Waals surface area contributed by atoms with Crippen molar-refractivity contribution in [2.24, 2.45) is 0 Å². The molecule has 5 nitrogen and oxygen atoms in total. The molecule has 122 valence electrons. The molecule has 0 atom stereocenters. The Morgan fingerprint density at radius 2 is 1.91 bits per heavy atom. The first-order chi connectivity index (χ1) is 11.0. The van der Waals surface area contributed by atoms with Gasteiger partial charge in [0.05, 0.1) is 11.3 Å². The van der Waals surface area contributed by atoms with E-state index in [1.807, 2.05) is 26.1 Å². The Morgan fingerprint density at radius 3 is 2.52 bits per heavy atom. The minimum atomic E-state index is -0.567. The summed E-state index contributed by atoms with van der Waals surface area (Å²) in [4.78, 5) is 15.7. The van der Waals surface area contributed by atoms with Crippen molar-refractivity contribution in [3.8, 4) is 11.1 Å². The summed E-state index contributed by atoms with van der Waals surface area (Å²) in [6.45, 7) is 7.61. The molecule has 1 fully saturated rings. The molecule has 0 spiro atoms. The Kier molecular flexibility index (Phi) is 4.31. The highest BCUT2D eigenvalue weighted by Gasteiger charge is 2.29. The molecule has 0 saturated carbocycles. The number of aryl methyl sites for hydroxylation is 2. The molecule has 1 aliphatic rings. The Morgan fingerprint density at radius 1 is 1.17 bits per heavy atom. The van der Waals surface area contributed by atoms with Gasteiger partial charge in [0.15, 0.2) is 0 Å². The zero-order valence-corrected chi connectivity index (χ0v) is 14.1. The van der Waals surface area contributed by atoms with E-state index in [1.165, 1.54) is 0 Å². The molecule has 5 heteroatoms. The van der Waals surface area contributed by atoms with Crippen molar-refractivity contribution in [2.45, 2.75) is 45.6 Å². The van der Waals surface area contributed by atoms with Gasteiger partial charge in [-0.3, -0.25) is 4.98 Å². The van der Waals surface area contributed by atoms with Crippen molar-refractivity contribution < 1.29 is 5.11 Å². The van der Waals surface area contributed by atoms with Crippen LogP contribution in [0.4, 0.5) is 5.82 Å². The highest BCUT2D eigenvalue weighted by Crippen LogP contribution is 2.34. The number of rotatable bonds is 3. The van der Waals surface area contributed by atoms with E-state index in [0.29, 0.717) is 0 Å². The van der Waals surface area contributed by atoms with E-state index >= 15 is 0 Å². The molecule has 2 aromatic rings. The van der Waals surface area contributed by atoms with Gasteiger partial charge in [-0.25, -0.2) is 9.97 Å². The molecule has 1 saturated heterocycles. The minimum absolute atomic E-state index is 0.567. The standard InChI is InChI=1S/C18H24N4O/c1-4-15-16(14-6-5-13(2)19-11-14)17(21-12-20-15)22-9-7-18(3,23)8-10-22/h5-6,11-12,23H,4,7-10H2,1-3H3. The third-order valence-corrected chi connectivity index (χ3v) is 4.58. The number of aliphatic hydroxyl groups is 1. The largest absolute Gasteiger partial charge is 0.390 e. The van der Waals surface area contributed by atoms with Gasteiger partial charge in [0.1, 0.15) is 12.1 Å². The summed E-state index contributed by atoms with van der Waals surface area (Å²) in [5, 5.41) is 10.2. The molecular weight excluding hydrogens is 288 g/mol. The van der Waals surface area contributed by atoms with Crippen LogP contribution in [0.2, 0.25) is 0 Å². The molecule has 1 N–H and O–H groups in total. The van der Waals surface area contributed by atoms with Gasteiger partial charge >= 0.3 is 0 Å². The number of nitrogens with zero attached hydrogens (tertiary/aromatic N) is 4. The minimum Gasteiger partial charge on any atom is -0.390 e. The summed E-state index contributed by atoms with van der Waals surface area (Å²) in [6, 6.07) is 4.11. The van der Waals surface area contributed by atoms with Crippen LogP contribution in [-0.4, -0.2) is 38.7 Å². The molecule has 3 heterocycles. The zero-order chi connectivity index (χ0) is 16.4. The summed E-state index contributed by atoms with van der Waals surface area (Å²) < 4.78 is 0. The number of hydrogen-bond acceptors (Lipinski definition) is 5. The molecule has 0 aromatic carbocycles. The second-order valence-corrected chi connectivity index (χ2v) is 6.54. The maximum absolute atomic E-state index is 10.2. The van der Waals surface area contributed by atoms with E-state index in [1.54, 1.807) is 6.33 Å². The lowest BCUT2D eigenvalue weighted by Gasteiger charge is -2.37. The fourth-order valence-electron chi connectivity index (χ4n) is 3.03. The molecule has 0 radical (unpaired) electrons. The van der Waals surface area contributed by atoms with Gasteiger partial charge in [0.25, 0.3) is 0 Å². The van der Waals surface area contributed by atoms with E-state index in [4.69, 9.17) is 0 Å². The number of pyridine rings is 1. The lowest BCUT2D eigenvalue weighted by Crippen LogP contribution is -2.43. The smallest absolute Gasteiger partial charge is 0.140 e. The fourth-order valence-corrected chi connectivity index (χ4v) is 3.03. The van der Waals surface area contributed by atoms with Gasteiger partial charge in [-0.2, -0.15) is 0 Å². The average Bonchev–Trinajstić information content (AvgIpc) is 2.55. The Hall–Kier alpha value is -2.01. The number of anilines is 1. The second-order valence-electron chi connectivity index (χ2n) is 6.54. The van der Waals surface area contributed by atoms with E-state index in [-0.39, 0.29) is 0 Å². The van der Waals surface area contributed by atoms with Crippen LogP contribution in [-0.2, 0) is 6.42 Å². The maximum atomic E-state index is 10.2. The third-order valence-electron chi connectivity index (χ3n) is 4.58. The first-order valence-corrected chi connectivity index (χ1v) is 8.24. The van der Waals surface area contributed by atoms with Crippen molar-refractivity contribution in [1.82, 2.24) is 15.0 Å². The predicted octanol–water partition coefficient (Wildman–Crippen LogP) is 2.76. The van der Waals surface area contributed by atoms with Crippen molar-refractivity contribution >= 4 is 5.82 Å². The van der Waals surface area contributed by atoms with Gasteiger partial charge < -0.3 is 10.0 Å². The van der Waals surface area contributed by atoms with Gasteiger partial charge in [-0.05, 0) is 39.2 Å². The van der Waals surface area contributed by atoms with Crippen molar-refractivity contribution in [3.63, 3.8) is 0 Å². The Balaban J connectivity index is 2.02. The SMILES string of the molecule is CCc1ncnc(N2CCC(C)(O)CC2)c1-c1ccc(C)nc1. The molecular formula is C18H24N4O. The normalized spacial score (nSPS) is 17.3. The first kappa shape index (κ1) is 15.9. The maximum Gasteiger partial charge on any atom is 0.140 e. The van der Waals surface area contributed by atoms with Crippen molar-refractivity contribution in [2.75, 3.05) is 18.0 Å². The van der Waals surface area contributed by atoms with Crippen LogP contribution in [0.15, 0.2) is 24.7 Å². The summed E-state index contributed by atoms with van der Waals surface area (Å²) in [5.41, 5.74) is 3.60. The van der Waals surface area contributed by atoms with Crippen LogP contribution >= 0.6 is 0 Å². The van der Waals surface area contributed by atoms with Crippen LogP contribution in [0.3, 0.4) is 0 Å². The Labute approximate surface area is 137 Å². The van der Waals surface area contributed by atoms with Gasteiger partial charge in [0, 0.05) is 36.1 Å². The summed E-state index contributed by atoms with van der Waals surface area (Å²) in [6.07, 6.45) is 5.90. The van der Waals surface area contributed by atoms with Gasteiger partial charge in [0.2, 0.25) is 0 Å². The lowest BCUT2D eigenvalue weighted by atomic mass is 9.93. The molecule has 3 rings (SSSR count). The zero-order valence-electron chi connectivity index (χ0n) is 14.1. The van der Waals surface area contributed by atoms with Crippen LogP contribution in [0.5, 0.6) is 0 Å². The van der Waals surface area contributed by atoms with Crippen LogP contribution in [0.25, 0.3) is 11.1 Å². The first-order valence-electron chi connectivity index (χ1n) is 8.24. The summed E-state index contributed by atoms with van der Waals surface area (Å²) >= 11 is 0. The van der Waals surface area contributed by atoms with Crippen molar-refractivity contribution in [3.05, 3.63) is 36.0 Å². The Bertz CT molecular complexity index is 672. The number of hydrogen-bond donors (Lipinski definition) is 1. The molecule has 0 aliphatic carbocycles. The van der Waals surface area contributed by atoms with Crippen LogP contribution in [0, 0.1) is 6.92 Å². The molecule has 0 amide bonds. The fraction of sp³-hybridized carbons (Fsp3) is 0.500. The monoisotopic (exact) mass is 312 g/mol. The molecule has 23 heavy (non-hydrogen) atoms. The number of aromatic nitrogens is 3. The van der Waals surface area contributed by atoms with Gasteiger partial charge in [-0.15, -0.1) is 0 Å². The third kappa shape index (κ3) is 3.34. The second kappa shape index (κ2) is 6.24. The van der Waals surface area contributed by atoms with Gasteiger partial charge in [-0.1, -0.05) is 13.0 Å². The molecule has 2 aromatic heterocycles. The quantitative estimate of drug-likeness (QED) is 0.944. The van der Waals surface area contributed by atoms with E-state index in [9.17, 15) is 5.11 Å². The van der Waals surface area contributed by atoms with Crippen LogP contribution < -0.4 is 4.90 Å². The topological polar surface area (TPSA) is 62.1 Å². The highest BCUT2D eigenvalue weighted by atomic mass is 16.3. The predicted molar refractivity (Wildman–Crippen MR) is 91.4 cm³/mol. The van der Waals surface area contributed by atoms with Crippen LogP contribution in [0.1, 0.15) is 38.1 Å². The summed E-state index contributed by atoms with van der Waals surface area (Å²) in [7, 11) is 0.